The van der Waals surface area contributed by atoms with Crippen LogP contribution in [0, 0.1) is 11.8 Å². The predicted molar refractivity (Wildman–Crippen MR) is 101 cm³/mol. The van der Waals surface area contributed by atoms with Gasteiger partial charge in [-0.25, -0.2) is 0 Å². The summed E-state index contributed by atoms with van der Waals surface area (Å²) < 4.78 is 16.6. The Hall–Kier alpha value is -2.02. The third-order valence-corrected chi connectivity index (χ3v) is 5.12. The van der Waals surface area contributed by atoms with Crippen LogP contribution in [0.4, 0.5) is 0 Å². The first-order valence-corrected chi connectivity index (χ1v) is 10.2. The van der Waals surface area contributed by atoms with Crippen LogP contribution >= 0.6 is 11.8 Å². The molecule has 2 aliphatic rings. The first-order valence-electron chi connectivity index (χ1n) is 9.00. The smallest absolute Gasteiger partial charge is 0.325 e. The van der Waals surface area contributed by atoms with Crippen LogP contribution in [-0.4, -0.2) is 42.6 Å². The van der Waals surface area contributed by atoms with Crippen LogP contribution in [0.3, 0.4) is 0 Å². The first kappa shape index (κ1) is 19.7. The maximum Gasteiger partial charge on any atom is 0.325 e. The van der Waals surface area contributed by atoms with E-state index in [4.69, 9.17) is 14.2 Å². The van der Waals surface area contributed by atoms with Gasteiger partial charge in [-0.15, -0.1) is 11.8 Å². The van der Waals surface area contributed by atoms with E-state index in [1.54, 1.807) is 32.9 Å². The fraction of sp³-hybridized carbons (Fsp3) is 0.550. The van der Waals surface area contributed by atoms with Gasteiger partial charge in [0.05, 0.1) is 4.90 Å². The maximum absolute atomic E-state index is 13.3. The van der Waals surface area contributed by atoms with Crippen LogP contribution in [0.2, 0.25) is 0 Å². The lowest BCUT2D eigenvalue weighted by Gasteiger charge is -2.25. The number of benzene rings is 1. The number of carbonyl (C=O) groups is 3. The van der Waals surface area contributed by atoms with Crippen molar-refractivity contribution in [3.05, 3.63) is 17.7 Å². The summed E-state index contributed by atoms with van der Waals surface area (Å²) in [7, 11) is 0. The molecule has 0 bridgehead atoms. The molecule has 0 N–H and O–H groups in total. The molecule has 1 aromatic carbocycles. The highest BCUT2D eigenvalue weighted by molar-refractivity contribution is 7.98. The molecule has 0 spiro atoms. The van der Waals surface area contributed by atoms with E-state index in [2.05, 4.69) is 0 Å². The van der Waals surface area contributed by atoms with Gasteiger partial charge in [0.2, 0.25) is 0 Å². The molecule has 7 heteroatoms. The topological polar surface area (TPSA) is 78.9 Å². The molecule has 1 fully saturated rings. The van der Waals surface area contributed by atoms with Gasteiger partial charge in [0.25, 0.3) is 0 Å². The summed E-state index contributed by atoms with van der Waals surface area (Å²) in [6, 6.07) is 3.24. The van der Waals surface area contributed by atoms with Crippen LogP contribution in [0.5, 0.6) is 11.5 Å². The molecule has 6 nitrogen and oxygen atoms in total. The highest BCUT2D eigenvalue weighted by Crippen LogP contribution is 2.42. The molecule has 1 aromatic rings. The molecular weight excluding hydrogens is 368 g/mol. The quantitative estimate of drug-likeness (QED) is 0.318. The molecule has 0 amide bonds. The summed E-state index contributed by atoms with van der Waals surface area (Å²) in [6.45, 7) is 5.96. The second-order valence-corrected chi connectivity index (χ2v) is 8.49. The molecular formula is C20H24O6S. The number of carbonyl (C=O) groups excluding carboxylic acids is 3. The highest BCUT2D eigenvalue weighted by Gasteiger charge is 2.45. The van der Waals surface area contributed by atoms with Gasteiger partial charge >= 0.3 is 5.97 Å². The molecule has 1 unspecified atom stereocenters. The van der Waals surface area contributed by atoms with Crippen molar-refractivity contribution >= 4 is 29.3 Å². The monoisotopic (exact) mass is 392 g/mol. The molecule has 0 saturated heterocycles. The standard InChI is InChI=1S/C20H24O6S/c1-20(2,3)26-19(23)14(15(21)11-5-6-11)16(22)12-7-8-13-17(18(12)27-4)25-10-9-24-13/h7-8,11,14H,5-6,9-10H2,1-4H3. The fourth-order valence-electron chi connectivity index (χ4n) is 2.96. The maximum atomic E-state index is 13.3. The van der Waals surface area contributed by atoms with E-state index in [1.807, 2.05) is 6.26 Å². The highest BCUT2D eigenvalue weighted by atomic mass is 32.2. The second kappa shape index (κ2) is 7.54. The van der Waals surface area contributed by atoms with Gasteiger partial charge in [0.15, 0.2) is 29.0 Å². The minimum Gasteiger partial charge on any atom is -0.486 e. The Morgan fingerprint density at radius 1 is 1.15 bits per heavy atom. The summed E-state index contributed by atoms with van der Waals surface area (Å²) >= 11 is 1.33. The third kappa shape index (κ3) is 4.29. The van der Waals surface area contributed by atoms with Crippen LogP contribution in [0.25, 0.3) is 0 Å². The fourth-order valence-corrected chi connectivity index (χ4v) is 3.69. The number of hydrogen-bond donors (Lipinski definition) is 0. The third-order valence-electron chi connectivity index (χ3n) is 4.30. The van der Waals surface area contributed by atoms with Crippen LogP contribution in [0.1, 0.15) is 44.0 Å². The zero-order valence-electron chi connectivity index (χ0n) is 16.0. The van der Waals surface area contributed by atoms with E-state index in [0.29, 0.717) is 42.4 Å². The number of ether oxygens (including phenoxy) is 3. The van der Waals surface area contributed by atoms with Crippen molar-refractivity contribution in [2.24, 2.45) is 11.8 Å². The summed E-state index contributed by atoms with van der Waals surface area (Å²) in [6.07, 6.45) is 3.24. The summed E-state index contributed by atoms with van der Waals surface area (Å²) in [4.78, 5) is 39.3. The van der Waals surface area contributed by atoms with Gasteiger partial charge in [-0.2, -0.15) is 0 Å². The number of hydrogen-bond acceptors (Lipinski definition) is 7. The van der Waals surface area contributed by atoms with Crippen molar-refractivity contribution in [1.82, 2.24) is 0 Å². The van der Waals surface area contributed by atoms with E-state index >= 15 is 0 Å². The van der Waals surface area contributed by atoms with E-state index in [-0.39, 0.29) is 17.3 Å². The summed E-state index contributed by atoms with van der Waals surface area (Å²) in [5, 5.41) is 0. The van der Waals surface area contributed by atoms with E-state index in [0.717, 1.165) is 0 Å². The summed E-state index contributed by atoms with van der Waals surface area (Å²) in [5.74, 6) is -2.30. The van der Waals surface area contributed by atoms with Crippen LogP contribution < -0.4 is 9.47 Å². The number of esters is 1. The van der Waals surface area contributed by atoms with E-state index in [9.17, 15) is 14.4 Å². The Bertz CT molecular complexity index is 775. The molecule has 3 rings (SSSR count). The number of Topliss-reactive ketones (excluding diaryl/α,β-unsaturated/α-hetero) is 2. The van der Waals surface area contributed by atoms with Crippen LogP contribution in [-0.2, 0) is 14.3 Å². The first-order chi connectivity index (χ1) is 12.7. The average Bonchev–Trinajstić information content (AvgIpc) is 3.44. The zero-order valence-corrected chi connectivity index (χ0v) is 16.8. The average molecular weight is 392 g/mol. The molecule has 0 aromatic heterocycles. The van der Waals surface area contributed by atoms with Gasteiger partial charge in [-0.3, -0.25) is 14.4 Å². The Balaban J connectivity index is 1.99. The second-order valence-electron chi connectivity index (χ2n) is 7.68. The minimum atomic E-state index is -1.44. The number of fused-ring (bicyclic) bond motifs is 1. The minimum absolute atomic E-state index is 0.235. The van der Waals surface area contributed by atoms with Crippen molar-refractivity contribution in [3.8, 4) is 11.5 Å². The lowest BCUT2D eigenvalue weighted by molar-refractivity contribution is -0.160. The van der Waals surface area contributed by atoms with Crippen molar-refractivity contribution < 1.29 is 28.6 Å². The largest absolute Gasteiger partial charge is 0.486 e. The molecule has 1 atom stereocenters. The van der Waals surface area contributed by atoms with Crippen molar-refractivity contribution in [2.75, 3.05) is 19.5 Å². The van der Waals surface area contributed by atoms with Crippen molar-refractivity contribution in [2.45, 2.75) is 44.1 Å². The molecule has 1 aliphatic carbocycles. The predicted octanol–water partition coefficient (Wildman–Crippen LogP) is 3.30. The lowest BCUT2D eigenvalue weighted by atomic mass is 9.90. The molecule has 27 heavy (non-hydrogen) atoms. The van der Waals surface area contributed by atoms with Gasteiger partial charge in [-0.1, -0.05) is 0 Å². The number of ketones is 2. The molecule has 1 saturated carbocycles. The molecule has 1 aliphatic heterocycles. The molecule has 1 heterocycles. The summed E-state index contributed by atoms with van der Waals surface area (Å²) in [5.41, 5.74) is -0.495. The van der Waals surface area contributed by atoms with E-state index < -0.39 is 23.3 Å². The van der Waals surface area contributed by atoms with Gasteiger partial charge < -0.3 is 14.2 Å². The zero-order chi connectivity index (χ0) is 19.8. The van der Waals surface area contributed by atoms with Gasteiger partial charge in [-0.05, 0) is 52.0 Å². The Kier molecular flexibility index (Phi) is 5.51. The Morgan fingerprint density at radius 3 is 2.41 bits per heavy atom. The lowest BCUT2D eigenvalue weighted by Crippen LogP contribution is -2.38. The Morgan fingerprint density at radius 2 is 1.81 bits per heavy atom. The normalized spacial score (nSPS) is 17.2. The number of rotatable bonds is 6. The van der Waals surface area contributed by atoms with Crippen LogP contribution in [0.15, 0.2) is 17.0 Å². The SMILES string of the molecule is CSc1c(C(=O)C(C(=O)OC(C)(C)C)C(=O)C2CC2)ccc2c1OCCO2. The van der Waals surface area contributed by atoms with Crippen molar-refractivity contribution in [3.63, 3.8) is 0 Å². The van der Waals surface area contributed by atoms with E-state index in [1.165, 1.54) is 11.8 Å². The van der Waals surface area contributed by atoms with Gasteiger partial charge in [0.1, 0.15) is 18.8 Å². The van der Waals surface area contributed by atoms with Crippen molar-refractivity contribution in [1.29, 1.82) is 0 Å². The van der Waals surface area contributed by atoms with Gasteiger partial charge in [0, 0.05) is 11.5 Å². The molecule has 146 valence electrons. The molecule has 0 radical (unpaired) electrons. The number of thioether (sulfide) groups is 1. The Labute approximate surface area is 162 Å².